The highest BCUT2D eigenvalue weighted by Crippen LogP contribution is 2.19. The summed E-state index contributed by atoms with van der Waals surface area (Å²) in [6.45, 7) is 2.07. The quantitative estimate of drug-likeness (QED) is 0.780. The number of hydrogen-bond donors (Lipinski definition) is 1. The highest BCUT2D eigenvalue weighted by Gasteiger charge is 2.20. The highest BCUT2D eigenvalue weighted by atomic mass is 16.2. The Morgan fingerprint density at radius 1 is 1.47 bits per heavy atom. The van der Waals surface area contributed by atoms with E-state index in [0.717, 1.165) is 25.1 Å². The van der Waals surface area contributed by atoms with Gasteiger partial charge in [-0.15, -0.1) is 0 Å². The van der Waals surface area contributed by atoms with Gasteiger partial charge in [0.1, 0.15) is 0 Å². The maximum Gasteiger partial charge on any atom is 0.227 e. The third-order valence-corrected chi connectivity index (χ3v) is 2.61. The molecule has 2 N–H and O–H groups in total. The molecule has 1 amide bonds. The van der Waals surface area contributed by atoms with Gasteiger partial charge in [-0.05, 0) is 12.8 Å². The van der Waals surface area contributed by atoms with Gasteiger partial charge in [0.2, 0.25) is 5.91 Å². The number of rotatable bonds is 3. The molecule has 0 bridgehead atoms. The molecule has 5 heteroatoms. The Balaban J connectivity index is 2.10. The minimum atomic E-state index is 0.202. The van der Waals surface area contributed by atoms with Crippen molar-refractivity contribution < 1.29 is 4.79 Å². The first kappa shape index (κ1) is 10.2. The van der Waals surface area contributed by atoms with Crippen LogP contribution in [0.2, 0.25) is 0 Å². The SMILES string of the molecule is NCCn1cc(N2CCCCC2=O)cn1. The molecule has 0 unspecified atom stereocenters. The summed E-state index contributed by atoms with van der Waals surface area (Å²) in [5.74, 6) is 0.202. The van der Waals surface area contributed by atoms with Crippen molar-refractivity contribution in [3.63, 3.8) is 0 Å². The maximum atomic E-state index is 11.6. The van der Waals surface area contributed by atoms with Gasteiger partial charge in [-0.1, -0.05) is 0 Å². The van der Waals surface area contributed by atoms with Gasteiger partial charge in [-0.3, -0.25) is 9.48 Å². The van der Waals surface area contributed by atoms with Gasteiger partial charge in [-0.2, -0.15) is 5.10 Å². The molecule has 5 nitrogen and oxygen atoms in total. The zero-order valence-electron chi connectivity index (χ0n) is 8.72. The van der Waals surface area contributed by atoms with Gasteiger partial charge in [0, 0.05) is 25.7 Å². The van der Waals surface area contributed by atoms with Crippen LogP contribution in [0.3, 0.4) is 0 Å². The Labute approximate surface area is 88.8 Å². The predicted octanol–water partition coefficient (Wildman–Crippen LogP) is 0.359. The molecule has 1 aliphatic heterocycles. The Morgan fingerprint density at radius 3 is 3.07 bits per heavy atom. The lowest BCUT2D eigenvalue weighted by Crippen LogP contribution is -2.34. The third-order valence-electron chi connectivity index (χ3n) is 2.61. The van der Waals surface area contributed by atoms with E-state index in [4.69, 9.17) is 5.73 Å². The smallest absolute Gasteiger partial charge is 0.227 e. The molecule has 0 saturated carbocycles. The monoisotopic (exact) mass is 208 g/mol. The summed E-state index contributed by atoms with van der Waals surface area (Å²) < 4.78 is 1.78. The molecule has 2 heterocycles. The fourth-order valence-electron chi connectivity index (χ4n) is 1.83. The van der Waals surface area contributed by atoms with Crippen molar-refractivity contribution in [2.24, 2.45) is 5.73 Å². The fraction of sp³-hybridized carbons (Fsp3) is 0.600. The van der Waals surface area contributed by atoms with E-state index < -0.39 is 0 Å². The number of carbonyl (C=O) groups excluding carboxylic acids is 1. The Morgan fingerprint density at radius 2 is 2.33 bits per heavy atom. The topological polar surface area (TPSA) is 64.2 Å². The number of piperidine rings is 1. The van der Waals surface area contributed by atoms with Gasteiger partial charge in [0.05, 0.1) is 18.4 Å². The number of nitrogens with zero attached hydrogens (tertiary/aromatic N) is 3. The summed E-state index contributed by atoms with van der Waals surface area (Å²) in [6, 6.07) is 0. The van der Waals surface area contributed by atoms with E-state index in [1.54, 1.807) is 10.9 Å². The molecule has 2 rings (SSSR count). The molecule has 0 aromatic carbocycles. The van der Waals surface area contributed by atoms with Crippen LogP contribution in [0.1, 0.15) is 19.3 Å². The number of nitrogens with two attached hydrogens (primary N) is 1. The van der Waals surface area contributed by atoms with Crippen molar-refractivity contribution in [3.05, 3.63) is 12.4 Å². The van der Waals surface area contributed by atoms with Crippen molar-refractivity contribution in [2.75, 3.05) is 18.0 Å². The first-order valence-electron chi connectivity index (χ1n) is 5.34. The number of carbonyl (C=O) groups is 1. The molecule has 1 fully saturated rings. The van der Waals surface area contributed by atoms with Crippen molar-refractivity contribution in [2.45, 2.75) is 25.8 Å². The summed E-state index contributed by atoms with van der Waals surface area (Å²) >= 11 is 0. The zero-order valence-corrected chi connectivity index (χ0v) is 8.72. The summed E-state index contributed by atoms with van der Waals surface area (Å²) in [6.07, 6.45) is 6.36. The Kier molecular flexibility index (Phi) is 3.01. The van der Waals surface area contributed by atoms with Crippen LogP contribution < -0.4 is 10.6 Å². The number of aromatic nitrogens is 2. The van der Waals surface area contributed by atoms with Crippen molar-refractivity contribution >= 4 is 11.6 Å². The minimum Gasteiger partial charge on any atom is -0.329 e. The largest absolute Gasteiger partial charge is 0.329 e. The number of amides is 1. The van der Waals surface area contributed by atoms with E-state index in [1.807, 2.05) is 11.1 Å². The first-order valence-corrected chi connectivity index (χ1v) is 5.34. The van der Waals surface area contributed by atoms with Crippen LogP contribution in [0.4, 0.5) is 5.69 Å². The maximum absolute atomic E-state index is 11.6. The number of hydrogen-bond acceptors (Lipinski definition) is 3. The van der Waals surface area contributed by atoms with E-state index in [9.17, 15) is 4.79 Å². The summed E-state index contributed by atoms with van der Waals surface area (Å²) in [5.41, 5.74) is 6.33. The summed E-state index contributed by atoms with van der Waals surface area (Å²) in [5, 5.41) is 4.16. The van der Waals surface area contributed by atoms with Crippen LogP contribution in [0.5, 0.6) is 0 Å². The lowest BCUT2D eigenvalue weighted by atomic mass is 10.1. The van der Waals surface area contributed by atoms with Crippen LogP contribution in [-0.2, 0) is 11.3 Å². The molecule has 1 aromatic rings. The molecule has 0 aliphatic carbocycles. The normalized spacial score (nSPS) is 17.1. The minimum absolute atomic E-state index is 0.202. The average molecular weight is 208 g/mol. The third kappa shape index (κ3) is 2.18. The second kappa shape index (κ2) is 4.44. The highest BCUT2D eigenvalue weighted by molar-refractivity contribution is 5.93. The average Bonchev–Trinajstić information content (AvgIpc) is 2.68. The molecule has 0 spiro atoms. The predicted molar refractivity (Wildman–Crippen MR) is 57.5 cm³/mol. The van der Waals surface area contributed by atoms with Crippen LogP contribution in [0.25, 0.3) is 0 Å². The summed E-state index contributed by atoms with van der Waals surface area (Å²) in [4.78, 5) is 13.4. The summed E-state index contributed by atoms with van der Waals surface area (Å²) in [7, 11) is 0. The molecule has 15 heavy (non-hydrogen) atoms. The van der Waals surface area contributed by atoms with E-state index in [0.29, 0.717) is 19.5 Å². The molecule has 1 aliphatic rings. The van der Waals surface area contributed by atoms with Gasteiger partial charge >= 0.3 is 0 Å². The second-order valence-electron chi connectivity index (χ2n) is 3.75. The molecule has 1 aromatic heterocycles. The van der Waals surface area contributed by atoms with Crippen LogP contribution in [-0.4, -0.2) is 28.8 Å². The van der Waals surface area contributed by atoms with Crippen molar-refractivity contribution in [1.82, 2.24) is 9.78 Å². The molecule has 0 atom stereocenters. The van der Waals surface area contributed by atoms with Crippen molar-refractivity contribution in [1.29, 1.82) is 0 Å². The van der Waals surface area contributed by atoms with E-state index in [2.05, 4.69) is 5.10 Å². The zero-order chi connectivity index (χ0) is 10.7. The standard InChI is InChI=1S/C10H16N4O/c11-4-6-13-8-9(7-12-13)14-5-2-1-3-10(14)15/h7-8H,1-6,11H2. The Hall–Kier alpha value is -1.36. The van der Waals surface area contributed by atoms with E-state index >= 15 is 0 Å². The first-order chi connectivity index (χ1) is 7.31. The fourth-order valence-corrected chi connectivity index (χ4v) is 1.83. The lowest BCUT2D eigenvalue weighted by molar-refractivity contribution is -0.119. The van der Waals surface area contributed by atoms with Crippen LogP contribution in [0.15, 0.2) is 12.4 Å². The second-order valence-corrected chi connectivity index (χ2v) is 3.75. The van der Waals surface area contributed by atoms with Crippen LogP contribution in [0, 0.1) is 0 Å². The molecule has 1 saturated heterocycles. The number of anilines is 1. The van der Waals surface area contributed by atoms with Gasteiger partial charge in [-0.25, -0.2) is 0 Å². The van der Waals surface area contributed by atoms with Crippen LogP contribution >= 0.6 is 0 Å². The van der Waals surface area contributed by atoms with Gasteiger partial charge in [0.25, 0.3) is 0 Å². The lowest BCUT2D eigenvalue weighted by Gasteiger charge is -2.24. The molecular weight excluding hydrogens is 192 g/mol. The molecule has 0 radical (unpaired) electrons. The van der Waals surface area contributed by atoms with Gasteiger partial charge in [0.15, 0.2) is 0 Å². The molecular formula is C10H16N4O. The van der Waals surface area contributed by atoms with E-state index in [-0.39, 0.29) is 5.91 Å². The van der Waals surface area contributed by atoms with E-state index in [1.165, 1.54) is 0 Å². The molecule has 82 valence electrons. The van der Waals surface area contributed by atoms with Crippen molar-refractivity contribution in [3.8, 4) is 0 Å². The van der Waals surface area contributed by atoms with Gasteiger partial charge < -0.3 is 10.6 Å². The Bertz CT molecular complexity index is 347.